The van der Waals surface area contributed by atoms with Gasteiger partial charge in [-0.2, -0.15) is 0 Å². The second-order valence-electron chi connectivity index (χ2n) is 5.79. The van der Waals surface area contributed by atoms with Gasteiger partial charge >= 0.3 is 0 Å². The predicted octanol–water partition coefficient (Wildman–Crippen LogP) is 5.08. The molecule has 1 N–H and O–H groups in total. The second-order valence-corrected chi connectivity index (χ2v) is 7.98. The van der Waals surface area contributed by atoms with Crippen molar-refractivity contribution in [3.8, 4) is 0 Å². The van der Waals surface area contributed by atoms with E-state index in [1.165, 1.54) is 16.9 Å². The van der Waals surface area contributed by atoms with Crippen molar-refractivity contribution in [2.45, 2.75) is 31.1 Å². The van der Waals surface area contributed by atoms with E-state index in [-0.39, 0.29) is 5.91 Å². The van der Waals surface area contributed by atoms with Gasteiger partial charge < -0.3 is 0 Å². The Balaban J connectivity index is 1.61. The zero-order chi connectivity index (χ0) is 18.2. The van der Waals surface area contributed by atoms with Gasteiger partial charge in [0.2, 0.25) is 5.13 Å². The maximum absolute atomic E-state index is 12.6. The highest BCUT2D eigenvalue weighted by Gasteiger charge is 2.14. The lowest BCUT2D eigenvalue weighted by Crippen LogP contribution is -2.12. The molecule has 134 valence electrons. The van der Waals surface area contributed by atoms with Crippen LogP contribution in [-0.4, -0.2) is 21.9 Å². The number of anilines is 1. The van der Waals surface area contributed by atoms with Crippen molar-refractivity contribution in [2.24, 2.45) is 0 Å². The number of carbonyl (C=O) groups excluding carboxylic acids is 1. The van der Waals surface area contributed by atoms with E-state index in [1.54, 1.807) is 11.8 Å². The van der Waals surface area contributed by atoms with Crippen molar-refractivity contribution in [3.63, 3.8) is 0 Å². The first-order valence-electron chi connectivity index (χ1n) is 8.65. The van der Waals surface area contributed by atoms with Crippen molar-refractivity contribution < 1.29 is 4.79 Å². The van der Waals surface area contributed by atoms with Crippen molar-refractivity contribution >= 4 is 34.1 Å². The van der Waals surface area contributed by atoms with Gasteiger partial charge in [0.05, 0.1) is 5.56 Å². The molecule has 0 radical (unpaired) electrons. The Hall–Kier alpha value is -2.18. The highest BCUT2D eigenvalue weighted by Crippen LogP contribution is 2.25. The number of amides is 1. The van der Waals surface area contributed by atoms with Crippen LogP contribution >= 0.6 is 23.1 Å². The normalized spacial score (nSPS) is 10.7. The molecule has 0 saturated heterocycles. The van der Waals surface area contributed by atoms with Gasteiger partial charge in [0, 0.05) is 11.3 Å². The Labute approximate surface area is 162 Å². The summed E-state index contributed by atoms with van der Waals surface area (Å²) in [6, 6.07) is 18.0. The number of benzene rings is 2. The highest BCUT2D eigenvalue weighted by molar-refractivity contribution is 7.99. The van der Waals surface area contributed by atoms with Gasteiger partial charge in [-0.05, 0) is 36.3 Å². The molecule has 0 fully saturated rings. The monoisotopic (exact) mass is 383 g/mol. The Morgan fingerprint density at radius 3 is 2.62 bits per heavy atom. The van der Waals surface area contributed by atoms with Crippen molar-refractivity contribution in [1.29, 1.82) is 0 Å². The molecule has 4 nitrogen and oxygen atoms in total. The average molecular weight is 384 g/mol. The standard InChI is InChI=1S/C20H21N3OS2/c1-2-14-25-17-11-7-6-10-16(17)19(24)21-20-23-22-18(26-20)13-12-15-8-4-3-5-9-15/h3-11H,2,12-14H2,1H3,(H,21,23,24). The predicted molar refractivity (Wildman–Crippen MR) is 109 cm³/mol. The molecule has 0 bridgehead atoms. The lowest BCUT2D eigenvalue weighted by Gasteiger charge is -2.07. The summed E-state index contributed by atoms with van der Waals surface area (Å²) in [5.74, 6) is 0.863. The van der Waals surface area contributed by atoms with Crippen LogP contribution in [0.1, 0.15) is 34.3 Å². The van der Waals surface area contributed by atoms with Crippen LogP contribution in [0.15, 0.2) is 59.5 Å². The highest BCUT2D eigenvalue weighted by atomic mass is 32.2. The van der Waals surface area contributed by atoms with Crippen LogP contribution in [0.25, 0.3) is 0 Å². The summed E-state index contributed by atoms with van der Waals surface area (Å²) in [6.45, 7) is 2.13. The number of nitrogens with one attached hydrogen (secondary N) is 1. The van der Waals surface area contributed by atoms with Crippen LogP contribution in [0.2, 0.25) is 0 Å². The first kappa shape index (κ1) is 18.6. The maximum atomic E-state index is 12.6. The summed E-state index contributed by atoms with van der Waals surface area (Å²) in [5, 5.41) is 12.7. The van der Waals surface area contributed by atoms with E-state index in [2.05, 4.69) is 34.6 Å². The molecule has 1 aromatic heterocycles. The Morgan fingerprint density at radius 2 is 1.81 bits per heavy atom. The lowest BCUT2D eigenvalue weighted by molar-refractivity contribution is 0.102. The van der Waals surface area contributed by atoms with E-state index in [1.807, 2.05) is 42.5 Å². The zero-order valence-electron chi connectivity index (χ0n) is 14.6. The van der Waals surface area contributed by atoms with Gasteiger partial charge in [-0.15, -0.1) is 22.0 Å². The topological polar surface area (TPSA) is 54.9 Å². The van der Waals surface area contributed by atoms with Crippen LogP contribution in [0.4, 0.5) is 5.13 Å². The van der Waals surface area contributed by atoms with Crippen molar-refractivity contribution in [2.75, 3.05) is 11.1 Å². The second kappa shape index (κ2) is 9.50. The van der Waals surface area contributed by atoms with Gasteiger partial charge in [0.1, 0.15) is 5.01 Å². The molecule has 3 rings (SSSR count). The van der Waals surface area contributed by atoms with E-state index < -0.39 is 0 Å². The maximum Gasteiger partial charge on any atom is 0.258 e. The molecule has 1 amide bonds. The molecule has 3 aromatic rings. The number of nitrogens with zero attached hydrogens (tertiary/aromatic N) is 2. The molecule has 0 aliphatic rings. The number of hydrogen-bond acceptors (Lipinski definition) is 5. The Morgan fingerprint density at radius 1 is 1.04 bits per heavy atom. The smallest absolute Gasteiger partial charge is 0.258 e. The Bertz CT molecular complexity index is 849. The number of thioether (sulfide) groups is 1. The molecule has 26 heavy (non-hydrogen) atoms. The molecule has 0 aliphatic carbocycles. The summed E-state index contributed by atoms with van der Waals surface area (Å²) in [6.07, 6.45) is 2.81. The van der Waals surface area contributed by atoms with Crippen molar-refractivity contribution in [1.82, 2.24) is 10.2 Å². The van der Waals surface area contributed by atoms with Gasteiger partial charge in [-0.1, -0.05) is 60.7 Å². The third-order valence-corrected chi connectivity index (χ3v) is 5.93. The number of aromatic nitrogens is 2. The van der Waals surface area contributed by atoms with E-state index in [0.29, 0.717) is 10.7 Å². The van der Waals surface area contributed by atoms with Gasteiger partial charge in [0.25, 0.3) is 5.91 Å². The van der Waals surface area contributed by atoms with Crippen LogP contribution in [0.3, 0.4) is 0 Å². The van der Waals surface area contributed by atoms with E-state index in [4.69, 9.17) is 0 Å². The Kier molecular flexibility index (Phi) is 6.80. The van der Waals surface area contributed by atoms with E-state index in [0.717, 1.165) is 34.9 Å². The van der Waals surface area contributed by atoms with Crippen LogP contribution < -0.4 is 5.32 Å². The zero-order valence-corrected chi connectivity index (χ0v) is 16.3. The van der Waals surface area contributed by atoms with E-state index in [9.17, 15) is 4.79 Å². The molecular formula is C20H21N3OS2. The molecule has 0 saturated carbocycles. The largest absolute Gasteiger partial charge is 0.296 e. The first-order valence-corrected chi connectivity index (χ1v) is 10.5. The minimum atomic E-state index is -0.130. The minimum absolute atomic E-state index is 0.130. The third-order valence-electron chi connectivity index (χ3n) is 3.75. The number of carbonyl (C=O) groups is 1. The fourth-order valence-corrected chi connectivity index (χ4v) is 4.11. The molecule has 0 spiro atoms. The average Bonchev–Trinajstić information content (AvgIpc) is 3.13. The number of aryl methyl sites for hydroxylation is 2. The van der Waals surface area contributed by atoms with Crippen LogP contribution in [-0.2, 0) is 12.8 Å². The molecule has 2 aromatic carbocycles. The minimum Gasteiger partial charge on any atom is -0.296 e. The summed E-state index contributed by atoms with van der Waals surface area (Å²) >= 11 is 3.14. The molecule has 6 heteroatoms. The molecule has 0 aliphatic heterocycles. The molecule has 0 unspecified atom stereocenters. The number of hydrogen-bond donors (Lipinski definition) is 1. The third kappa shape index (κ3) is 5.16. The summed E-state index contributed by atoms with van der Waals surface area (Å²) in [4.78, 5) is 13.6. The summed E-state index contributed by atoms with van der Waals surface area (Å²) in [5.41, 5.74) is 1.96. The quantitative estimate of drug-likeness (QED) is 0.551. The SMILES string of the molecule is CCCSc1ccccc1C(=O)Nc1nnc(CCc2ccccc2)s1. The lowest BCUT2D eigenvalue weighted by atomic mass is 10.1. The fraction of sp³-hybridized carbons (Fsp3) is 0.250. The van der Waals surface area contributed by atoms with Crippen molar-refractivity contribution in [3.05, 3.63) is 70.7 Å². The van der Waals surface area contributed by atoms with E-state index >= 15 is 0 Å². The van der Waals surface area contributed by atoms with Gasteiger partial charge in [-0.25, -0.2) is 0 Å². The summed E-state index contributed by atoms with van der Waals surface area (Å²) in [7, 11) is 0. The molecular weight excluding hydrogens is 362 g/mol. The van der Waals surface area contributed by atoms with Crippen LogP contribution in [0.5, 0.6) is 0 Å². The fourth-order valence-electron chi connectivity index (χ4n) is 2.46. The summed E-state index contributed by atoms with van der Waals surface area (Å²) < 4.78 is 0. The van der Waals surface area contributed by atoms with Gasteiger partial charge in [0.15, 0.2) is 0 Å². The van der Waals surface area contributed by atoms with Gasteiger partial charge in [-0.3, -0.25) is 10.1 Å². The molecule has 1 heterocycles. The molecule has 0 atom stereocenters. The van der Waals surface area contributed by atoms with Crippen LogP contribution in [0, 0.1) is 0 Å². The number of rotatable bonds is 8. The first-order chi connectivity index (χ1) is 12.8.